The Kier molecular flexibility index (Phi) is 4.11. The predicted octanol–water partition coefficient (Wildman–Crippen LogP) is 4.50. The van der Waals surface area contributed by atoms with E-state index in [1.807, 2.05) is 18.2 Å². The normalized spacial score (nSPS) is 16.2. The molecule has 3 aromatic rings. The summed E-state index contributed by atoms with van der Waals surface area (Å²) in [6.07, 6.45) is 3.65. The number of benzene rings is 1. The highest BCUT2D eigenvalue weighted by molar-refractivity contribution is 14.1. The summed E-state index contributed by atoms with van der Waals surface area (Å²) >= 11 is 3.86. The van der Waals surface area contributed by atoms with Gasteiger partial charge in [0.2, 0.25) is 0 Å². The fraction of sp³-hybridized carbons (Fsp3) is 0.294. The number of hydrogen-bond donors (Lipinski definition) is 2. The van der Waals surface area contributed by atoms with E-state index in [9.17, 15) is 4.79 Å². The average molecular weight is 437 g/mol. The lowest BCUT2D eigenvalue weighted by Gasteiger charge is -2.34. The van der Waals surface area contributed by atoms with Crippen molar-refractivity contribution in [2.45, 2.75) is 25.3 Å². The molecule has 2 aromatic heterocycles. The van der Waals surface area contributed by atoms with Crippen LogP contribution >= 0.6 is 33.9 Å². The van der Waals surface area contributed by atoms with Gasteiger partial charge in [-0.3, -0.25) is 9.89 Å². The van der Waals surface area contributed by atoms with Gasteiger partial charge in [-0.1, -0.05) is 6.42 Å². The standard InChI is InChI=1S/C17H16IN3OS/c18-16-13-8-11(4-5-14(13)20-21-16)17(22)19-15(10-2-1-3-10)12-6-7-23-9-12/h4-10,15H,1-3H2,(H,19,22)(H,20,21). The summed E-state index contributed by atoms with van der Waals surface area (Å²) < 4.78 is 0.889. The first-order valence-corrected chi connectivity index (χ1v) is 9.71. The van der Waals surface area contributed by atoms with E-state index in [2.05, 4.69) is 54.9 Å². The van der Waals surface area contributed by atoms with Crippen molar-refractivity contribution in [2.75, 3.05) is 0 Å². The van der Waals surface area contributed by atoms with Crippen molar-refractivity contribution in [1.82, 2.24) is 15.5 Å². The van der Waals surface area contributed by atoms with Gasteiger partial charge in [0.15, 0.2) is 0 Å². The van der Waals surface area contributed by atoms with Crippen LogP contribution < -0.4 is 5.32 Å². The smallest absolute Gasteiger partial charge is 0.251 e. The predicted molar refractivity (Wildman–Crippen MR) is 101 cm³/mol. The summed E-state index contributed by atoms with van der Waals surface area (Å²) in [4.78, 5) is 12.7. The number of halogens is 1. The highest BCUT2D eigenvalue weighted by Gasteiger charge is 2.30. The van der Waals surface area contributed by atoms with Gasteiger partial charge in [0.1, 0.15) is 3.70 Å². The van der Waals surface area contributed by atoms with Gasteiger partial charge in [-0.25, -0.2) is 0 Å². The fourth-order valence-corrected chi connectivity index (χ4v) is 4.31. The molecule has 23 heavy (non-hydrogen) atoms. The Morgan fingerprint density at radius 3 is 2.96 bits per heavy atom. The average Bonchev–Trinajstić information content (AvgIpc) is 3.15. The third-order valence-corrected chi connectivity index (χ3v) is 6.11. The molecule has 1 fully saturated rings. The first-order chi connectivity index (χ1) is 11.2. The maximum absolute atomic E-state index is 12.7. The van der Waals surface area contributed by atoms with Gasteiger partial charge in [-0.2, -0.15) is 16.4 Å². The SMILES string of the molecule is O=C(NC(c1ccsc1)C1CCC1)c1ccc2[nH]nc(I)c2c1. The molecule has 1 amide bonds. The molecular weight excluding hydrogens is 421 g/mol. The topological polar surface area (TPSA) is 57.8 Å². The number of fused-ring (bicyclic) bond motifs is 1. The second kappa shape index (κ2) is 6.24. The number of aromatic amines is 1. The van der Waals surface area contributed by atoms with Gasteiger partial charge in [-0.05, 0) is 81.9 Å². The maximum Gasteiger partial charge on any atom is 0.251 e. The van der Waals surface area contributed by atoms with Crippen molar-refractivity contribution in [3.63, 3.8) is 0 Å². The zero-order chi connectivity index (χ0) is 15.8. The lowest BCUT2D eigenvalue weighted by Crippen LogP contribution is -2.36. The summed E-state index contributed by atoms with van der Waals surface area (Å²) in [6.45, 7) is 0. The molecule has 118 valence electrons. The lowest BCUT2D eigenvalue weighted by molar-refractivity contribution is 0.0901. The molecular formula is C17H16IN3OS. The molecule has 6 heteroatoms. The molecule has 1 aromatic carbocycles. The highest BCUT2D eigenvalue weighted by Crippen LogP contribution is 2.38. The van der Waals surface area contributed by atoms with Crippen LogP contribution in [0.3, 0.4) is 0 Å². The molecule has 0 aliphatic heterocycles. The van der Waals surface area contributed by atoms with Crippen LogP contribution in [0, 0.1) is 9.62 Å². The number of carbonyl (C=O) groups is 1. The molecule has 0 bridgehead atoms. The van der Waals surface area contributed by atoms with E-state index in [1.165, 1.54) is 24.8 Å². The Bertz CT molecular complexity index is 839. The number of hydrogen-bond acceptors (Lipinski definition) is 3. The Morgan fingerprint density at radius 1 is 1.39 bits per heavy atom. The fourth-order valence-electron chi connectivity index (χ4n) is 3.05. The van der Waals surface area contributed by atoms with Gasteiger partial charge < -0.3 is 5.32 Å². The number of nitrogens with one attached hydrogen (secondary N) is 2. The number of amides is 1. The molecule has 1 saturated carbocycles. The van der Waals surface area contributed by atoms with Crippen molar-refractivity contribution in [3.8, 4) is 0 Å². The van der Waals surface area contributed by atoms with E-state index in [1.54, 1.807) is 11.3 Å². The van der Waals surface area contributed by atoms with Gasteiger partial charge in [0, 0.05) is 10.9 Å². The lowest BCUT2D eigenvalue weighted by atomic mass is 9.77. The molecule has 2 heterocycles. The monoisotopic (exact) mass is 437 g/mol. The molecule has 4 rings (SSSR count). The highest BCUT2D eigenvalue weighted by atomic mass is 127. The van der Waals surface area contributed by atoms with E-state index in [4.69, 9.17) is 0 Å². The molecule has 1 atom stereocenters. The minimum atomic E-state index is -0.00741. The van der Waals surface area contributed by atoms with E-state index >= 15 is 0 Å². The molecule has 0 spiro atoms. The van der Waals surface area contributed by atoms with Crippen LogP contribution in [-0.4, -0.2) is 16.1 Å². The molecule has 2 N–H and O–H groups in total. The van der Waals surface area contributed by atoms with Crippen molar-refractivity contribution >= 4 is 50.7 Å². The van der Waals surface area contributed by atoms with E-state index in [0.29, 0.717) is 11.5 Å². The summed E-state index contributed by atoms with van der Waals surface area (Å²) in [5, 5.41) is 15.6. The minimum Gasteiger partial charge on any atom is -0.345 e. The van der Waals surface area contributed by atoms with E-state index < -0.39 is 0 Å². The second-order valence-corrected chi connectivity index (χ2v) is 7.78. The van der Waals surface area contributed by atoms with Crippen molar-refractivity contribution in [2.24, 2.45) is 5.92 Å². The molecule has 1 unspecified atom stereocenters. The van der Waals surface area contributed by atoms with Crippen LogP contribution in [0.5, 0.6) is 0 Å². The van der Waals surface area contributed by atoms with Crippen molar-refractivity contribution < 1.29 is 4.79 Å². The molecule has 4 nitrogen and oxygen atoms in total. The zero-order valence-corrected chi connectivity index (χ0v) is 15.4. The minimum absolute atomic E-state index is 0.00741. The largest absolute Gasteiger partial charge is 0.345 e. The van der Waals surface area contributed by atoms with Crippen LogP contribution in [0.4, 0.5) is 0 Å². The summed E-state index contributed by atoms with van der Waals surface area (Å²) in [5.74, 6) is 0.554. The Labute approximate surface area is 151 Å². The van der Waals surface area contributed by atoms with Crippen molar-refractivity contribution in [3.05, 3.63) is 49.9 Å². The van der Waals surface area contributed by atoms with E-state index in [-0.39, 0.29) is 11.9 Å². The Morgan fingerprint density at radius 2 is 2.26 bits per heavy atom. The molecule has 1 aliphatic carbocycles. The van der Waals surface area contributed by atoms with Gasteiger partial charge in [0.05, 0.1) is 11.6 Å². The quantitative estimate of drug-likeness (QED) is 0.591. The molecule has 1 aliphatic rings. The van der Waals surface area contributed by atoms with Crippen LogP contribution in [0.15, 0.2) is 35.0 Å². The Hall–Kier alpha value is -1.41. The number of carbonyl (C=O) groups excluding carboxylic acids is 1. The third-order valence-electron chi connectivity index (χ3n) is 4.59. The van der Waals surface area contributed by atoms with Crippen LogP contribution in [0.1, 0.15) is 41.2 Å². The van der Waals surface area contributed by atoms with Crippen LogP contribution in [-0.2, 0) is 0 Å². The van der Waals surface area contributed by atoms with Gasteiger partial charge >= 0.3 is 0 Å². The second-order valence-electron chi connectivity index (χ2n) is 5.97. The Balaban J connectivity index is 1.60. The summed E-state index contributed by atoms with van der Waals surface area (Å²) in [6, 6.07) is 7.94. The third kappa shape index (κ3) is 2.89. The molecule has 0 saturated heterocycles. The van der Waals surface area contributed by atoms with Crippen LogP contribution in [0.25, 0.3) is 10.9 Å². The number of aromatic nitrogens is 2. The van der Waals surface area contributed by atoms with Gasteiger partial charge in [-0.15, -0.1) is 0 Å². The van der Waals surface area contributed by atoms with E-state index in [0.717, 1.165) is 14.6 Å². The number of thiophene rings is 1. The number of nitrogens with zero attached hydrogens (tertiary/aromatic N) is 1. The number of H-pyrrole nitrogens is 1. The zero-order valence-electron chi connectivity index (χ0n) is 12.4. The maximum atomic E-state index is 12.7. The van der Waals surface area contributed by atoms with Crippen molar-refractivity contribution in [1.29, 1.82) is 0 Å². The van der Waals surface area contributed by atoms with Crippen LogP contribution in [0.2, 0.25) is 0 Å². The number of rotatable bonds is 4. The first-order valence-electron chi connectivity index (χ1n) is 7.69. The summed E-state index contributed by atoms with van der Waals surface area (Å²) in [5.41, 5.74) is 2.88. The first kappa shape index (κ1) is 15.1. The van der Waals surface area contributed by atoms with Gasteiger partial charge in [0.25, 0.3) is 5.91 Å². The summed E-state index contributed by atoms with van der Waals surface area (Å²) in [7, 11) is 0. The molecule has 0 radical (unpaired) electrons.